The van der Waals surface area contributed by atoms with Crippen molar-refractivity contribution in [2.24, 2.45) is 0 Å². The molecule has 0 unspecified atom stereocenters. The van der Waals surface area contributed by atoms with E-state index in [1.165, 1.54) is 58.9 Å². The van der Waals surface area contributed by atoms with E-state index in [9.17, 15) is 23.3 Å². The number of carbonyl (C=O) groups excluding carboxylic acids is 1. The van der Waals surface area contributed by atoms with Gasteiger partial charge in [-0.3, -0.25) is 14.4 Å². The zero-order valence-electron chi connectivity index (χ0n) is 17.0. The highest BCUT2D eigenvalue weighted by Gasteiger charge is 2.25. The van der Waals surface area contributed by atoms with E-state index < -0.39 is 20.9 Å². The number of anilines is 1. The van der Waals surface area contributed by atoms with E-state index in [-0.39, 0.29) is 29.3 Å². The third-order valence-electron chi connectivity index (χ3n) is 4.51. The van der Waals surface area contributed by atoms with Gasteiger partial charge in [-0.15, -0.1) is 6.58 Å². The van der Waals surface area contributed by atoms with Crippen molar-refractivity contribution in [3.05, 3.63) is 113 Å². The average molecular weight is 452 g/mol. The summed E-state index contributed by atoms with van der Waals surface area (Å²) in [6.07, 6.45) is 1.48. The van der Waals surface area contributed by atoms with Crippen LogP contribution in [0.1, 0.15) is 15.9 Å². The van der Waals surface area contributed by atoms with Crippen molar-refractivity contribution in [3.8, 4) is 0 Å². The van der Waals surface area contributed by atoms with Crippen LogP contribution in [0.4, 0.5) is 11.4 Å². The minimum atomic E-state index is -3.96. The van der Waals surface area contributed by atoms with Gasteiger partial charge in [-0.2, -0.15) is 0 Å². The van der Waals surface area contributed by atoms with Gasteiger partial charge >= 0.3 is 5.97 Å². The van der Waals surface area contributed by atoms with Gasteiger partial charge in [-0.25, -0.2) is 13.2 Å². The molecule has 3 aromatic rings. The summed E-state index contributed by atoms with van der Waals surface area (Å²) in [6.45, 7) is 3.58. The molecule has 0 aliphatic heterocycles. The van der Waals surface area contributed by atoms with Crippen LogP contribution in [-0.2, 0) is 21.4 Å². The molecule has 0 saturated heterocycles. The Labute approximate surface area is 185 Å². The largest absolute Gasteiger partial charge is 0.457 e. The number of rotatable bonds is 9. The predicted molar refractivity (Wildman–Crippen MR) is 120 cm³/mol. The molecule has 0 bridgehead atoms. The molecule has 0 radical (unpaired) electrons. The van der Waals surface area contributed by atoms with Crippen LogP contribution < -0.4 is 4.31 Å². The first-order valence-corrected chi connectivity index (χ1v) is 11.0. The number of nitro benzene ring substituents is 1. The molecule has 0 N–H and O–H groups in total. The van der Waals surface area contributed by atoms with Crippen molar-refractivity contribution in [2.75, 3.05) is 10.8 Å². The van der Waals surface area contributed by atoms with Crippen molar-refractivity contribution >= 4 is 27.4 Å². The van der Waals surface area contributed by atoms with Crippen molar-refractivity contribution in [2.45, 2.75) is 11.5 Å². The lowest BCUT2D eigenvalue weighted by atomic mass is 10.2. The number of non-ortho nitro benzene ring substituents is 1. The topological polar surface area (TPSA) is 107 Å². The van der Waals surface area contributed by atoms with Gasteiger partial charge in [0, 0.05) is 12.1 Å². The van der Waals surface area contributed by atoms with Gasteiger partial charge in [0.15, 0.2) is 0 Å². The van der Waals surface area contributed by atoms with E-state index in [1.54, 1.807) is 30.3 Å². The Kier molecular flexibility index (Phi) is 7.01. The number of sulfonamides is 1. The standard InChI is InChI=1S/C23H20N2O6S/c1-2-15-24(20-8-4-3-5-9-20)32(29,30)22-10-6-7-19(16-22)23(26)31-17-18-11-13-21(14-12-18)25(27)28/h2-14,16H,1,15,17H2. The first-order valence-electron chi connectivity index (χ1n) is 9.52. The van der Waals surface area contributed by atoms with Gasteiger partial charge in [-0.1, -0.05) is 30.3 Å². The van der Waals surface area contributed by atoms with Crippen molar-refractivity contribution < 1.29 is 22.9 Å². The minimum absolute atomic E-state index is 0.0567. The highest BCUT2D eigenvalue weighted by atomic mass is 32.2. The fourth-order valence-electron chi connectivity index (χ4n) is 2.91. The normalized spacial score (nSPS) is 10.9. The molecule has 0 amide bonds. The number of carbonyl (C=O) groups is 1. The maximum atomic E-state index is 13.2. The highest BCUT2D eigenvalue weighted by molar-refractivity contribution is 7.92. The smallest absolute Gasteiger partial charge is 0.338 e. The van der Waals surface area contributed by atoms with Crippen LogP contribution in [0.15, 0.2) is 96.4 Å². The number of para-hydroxylation sites is 1. The van der Waals surface area contributed by atoms with Crippen molar-refractivity contribution in [1.29, 1.82) is 0 Å². The lowest BCUT2D eigenvalue weighted by Crippen LogP contribution is -2.31. The Bertz CT molecular complexity index is 1220. The number of benzene rings is 3. The molecule has 0 aliphatic carbocycles. The Balaban J connectivity index is 1.79. The fraction of sp³-hybridized carbons (Fsp3) is 0.0870. The Hall–Kier alpha value is -3.98. The summed E-state index contributed by atoms with van der Waals surface area (Å²) in [5.41, 5.74) is 1.03. The molecule has 164 valence electrons. The van der Waals surface area contributed by atoms with Gasteiger partial charge in [0.1, 0.15) is 6.61 Å². The molecule has 0 atom stereocenters. The van der Waals surface area contributed by atoms with E-state index in [4.69, 9.17) is 4.74 Å². The van der Waals surface area contributed by atoms with Crippen molar-refractivity contribution in [1.82, 2.24) is 0 Å². The molecule has 32 heavy (non-hydrogen) atoms. The maximum Gasteiger partial charge on any atom is 0.338 e. The Morgan fingerprint density at radius 2 is 1.72 bits per heavy atom. The molecule has 9 heteroatoms. The molecule has 0 fully saturated rings. The van der Waals surface area contributed by atoms with Gasteiger partial charge < -0.3 is 4.74 Å². The summed E-state index contributed by atoms with van der Waals surface area (Å²) in [5, 5.41) is 10.7. The van der Waals surface area contributed by atoms with Gasteiger partial charge in [0.25, 0.3) is 15.7 Å². The minimum Gasteiger partial charge on any atom is -0.457 e. The monoisotopic (exact) mass is 452 g/mol. The summed E-state index contributed by atoms with van der Waals surface area (Å²) in [7, 11) is -3.96. The lowest BCUT2D eigenvalue weighted by molar-refractivity contribution is -0.384. The quantitative estimate of drug-likeness (QED) is 0.207. The molecule has 0 heterocycles. The summed E-state index contributed by atoms with van der Waals surface area (Å²) in [5.74, 6) is -0.713. The van der Waals surface area contributed by atoms with Crippen LogP contribution in [-0.4, -0.2) is 25.9 Å². The fourth-order valence-corrected chi connectivity index (χ4v) is 4.39. The summed E-state index contributed by atoms with van der Waals surface area (Å²) < 4.78 is 32.9. The number of nitro groups is 1. The SMILES string of the molecule is C=CCN(c1ccccc1)S(=O)(=O)c1cccc(C(=O)OCc2ccc([N+](=O)[O-])cc2)c1. The number of ether oxygens (including phenoxy) is 1. The number of nitrogens with zero attached hydrogens (tertiary/aromatic N) is 2. The third-order valence-corrected chi connectivity index (χ3v) is 6.30. The second-order valence-electron chi connectivity index (χ2n) is 6.69. The number of esters is 1. The molecular formula is C23H20N2O6S. The third kappa shape index (κ3) is 5.19. The molecule has 0 saturated carbocycles. The van der Waals surface area contributed by atoms with Crippen LogP contribution >= 0.6 is 0 Å². The molecule has 0 aliphatic rings. The predicted octanol–water partition coefficient (Wildman–Crippen LogP) is 4.33. The first kappa shape index (κ1) is 22.7. The van der Waals surface area contributed by atoms with Gasteiger partial charge in [0.2, 0.25) is 0 Å². The van der Waals surface area contributed by atoms with Gasteiger partial charge in [0.05, 0.1) is 27.6 Å². The van der Waals surface area contributed by atoms with Gasteiger partial charge in [-0.05, 0) is 48.0 Å². The maximum absolute atomic E-state index is 13.2. The van der Waals surface area contributed by atoms with Crippen LogP contribution in [0.3, 0.4) is 0 Å². The van der Waals surface area contributed by atoms with E-state index in [0.717, 1.165) is 0 Å². The molecule has 3 rings (SSSR count). The summed E-state index contributed by atoms with van der Waals surface area (Å²) in [6, 6.07) is 19.8. The van der Waals surface area contributed by atoms with Crippen molar-refractivity contribution in [3.63, 3.8) is 0 Å². The first-order chi connectivity index (χ1) is 15.3. The molecule has 0 aromatic heterocycles. The van der Waals surface area contributed by atoms with E-state index in [0.29, 0.717) is 11.3 Å². The second-order valence-corrected chi connectivity index (χ2v) is 8.55. The van der Waals surface area contributed by atoms with Crippen LogP contribution in [0.2, 0.25) is 0 Å². The van der Waals surface area contributed by atoms with E-state index >= 15 is 0 Å². The Morgan fingerprint density at radius 3 is 2.34 bits per heavy atom. The van der Waals surface area contributed by atoms with E-state index in [2.05, 4.69) is 6.58 Å². The van der Waals surface area contributed by atoms with E-state index in [1.807, 2.05) is 0 Å². The molecule has 8 nitrogen and oxygen atoms in total. The second kappa shape index (κ2) is 9.88. The van der Waals surface area contributed by atoms with Crippen LogP contribution in [0.5, 0.6) is 0 Å². The highest BCUT2D eigenvalue weighted by Crippen LogP contribution is 2.24. The average Bonchev–Trinajstić information content (AvgIpc) is 2.81. The van der Waals surface area contributed by atoms with Crippen LogP contribution in [0, 0.1) is 10.1 Å². The molecule has 3 aromatic carbocycles. The molecule has 0 spiro atoms. The lowest BCUT2D eigenvalue weighted by Gasteiger charge is -2.23. The summed E-state index contributed by atoms with van der Waals surface area (Å²) in [4.78, 5) is 22.6. The zero-order valence-corrected chi connectivity index (χ0v) is 17.8. The Morgan fingerprint density at radius 1 is 1.03 bits per heavy atom. The molecular weight excluding hydrogens is 432 g/mol. The number of hydrogen-bond donors (Lipinski definition) is 0. The number of hydrogen-bond acceptors (Lipinski definition) is 6. The van der Waals surface area contributed by atoms with Crippen LogP contribution in [0.25, 0.3) is 0 Å². The summed E-state index contributed by atoms with van der Waals surface area (Å²) >= 11 is 0. The zero-order chi connectivity index (χ0) is 23.1.